The van der Waals surface area contributed by atoms with Gasteiger partial charge in [0.2, 0.25) is 5.91 Å². The third kappa shape index (κ3) is 6.38. The molecule has 0 saturated carbocycles. The van der Waals surface area contributed by atoms with Gasteiger partial charge in [0.05, 0.1) is 24.0 Å². The Bertz CT molecular complexity index is 1260. The van der Waals surface area contributed by atoms with Gasteiger partial charge in [0, 0.05) is 37.8 Å². The number of benzene rings is 2. The van der Waals surface area contributed by atoms with Crippen LogP contribution in [-0.4, -0.2) is 62.2 Å². The Labute approximate surface area is 215 Å². The number of likely N-dealkylation sites (N-methyl/N-ethyl adjacent to an activating group) is 1. The van der Waals surface area contributed by atoms with Crippen molar-refractivity contribution in [2.45, 2.75) is 0 Å². The molecule has 36 heavy (non-hydrogen) atoms. The smallest absolute Gasteiger partial charge is 0.337 e. The van der Waals surface area contributed by atoms with E-state index in [1.165, 1.54) is 13.2 Å². The molecule has 0 aliphatic carbocycles. The summed E-state index contributed by atoms with van der Waals surface area (Å²) in [5.41, 5.74) is 2.86. The van der Waals surface area contributed by atoms with Crippen LogP contribution in [0.15, 0.2) is 71.2 Å². The molecule has 8 nitrogen and oxygen atoms in total. The minimum absolute atomic E-state index is 0.117. The van der Waals surface area contributed by atoms with Crippen LogP contribution in [0.1, 0.15) is 16.1 Å². The first-order valence-corrected chi connectivity index (χ1v) is 11.9. The topological polar surface area (TPSA) is 87.0 Å². The molecule has 4 rings (SSSR count). The van der Waals surface area contributed by atoms with E-state index in [2.05, 4.69) is 27.5 Å². The summed E-state index contributed by atoms with van der Waals surface area (Å²) < 4.78 is 10.6. The van der Waals surface area contributed by atoms with Gasteiger partial charge in [0.25, 0.3) is 0 Å². The minimum atomic E-state index is -0.450. The zero-order valence-electron chi connectivity index (χ0n) is 20.2. The standard InChI is InChI=1S/C27H28N4O4S/c1-30-14-16-31(17-15-30)23-11-8-20(26(33)34-2)18-22(23)28-27(36)29-25(32)13-10-21-9-12-24(35-21)19-6-4-3-5-7-19/h3-13,18H,14-17H2,1-2H3,(H2,28,29,32,36)/b13-10+. The summed E-state index contributed by atoms with van der Waals surface area (Å²) in [6.07, 6.45) is 2.94. The van der Waals surface area contributed by atoms with E-state index in [4.69, 9.17) is 21.4 Å². The van der Waals surface area contributed by atoms with Gasteiger partial charge in [-0.05, 0) is 55.7 Å². The number of nitrogens with zero attached hydrogens (tertiary/aromatic N) is 2. The van der Waals surface area contributed by atoms with Crippen LogP contribution in [0.4, 0.5) is 11.4 Å². The number of carbonyl (C=O) groups excluding carboxylic acids is 2. The van der Waals surface area contributed by atoms with Crippen molar-refractivity contribution in [2.24, 2.45) is 0 Å². The molecule has 186 valence electrons. The van der Waals surface area contributed by atoms with Crippen molar-refractivity contribution in [3.63, 3.8) is 0 Å². The number of rotatable bonds is 6. The fourth-order valence-corrected chi connectivity index (χ4v) is 4.08. The average molecular weight is 505 g/mol. The molecule has 0 unspecified atom stereocenters. The fourth-order valence-electron chi connectivity index (χ4n) is 3.87. The van der Waals surface area contributed by atoms with Crippen molar-refractivity contribution in [1.82, 2.24) is 10.2 Å². The zero-order valence-corrected chi connectivity index (χ0v) is 21.0. The van der Waals surface area contributed by atoms with E-state index in [1.807, 2.05) is 42.5 Å². The lowest BCUT2D eigenvalue weighted by atomic mass is 10.1. The second-order valence-electron chi connectivity index (χ2n) is 8.36. The van der Waals surface area contributed by atoms with Gasteiger partial charge in [0.15, 0.2) is 5.11 Å². The molecule has 1 amide bonds. The molecule has 1 aromatic heterocycles. The Morgan fingerprint density at radius 2 is 1.78 bits per heavy atom. The number of nitrogens with one attached hydrogen (secondary N) is 2. The van der Waals surface area contributed by atoms with Gasteiger partial charge in [-0.25, -0.2) is 4.79 Å². The van der Waals surface area contributed by atoms with Crippen molar-refractivity contribution in [3.8, 4) is 11.3 Å². The van der Waals surface area contributed by atoms with Crippen LogP contribution >= 0.6 is 12.2 Å². The lowest BCUT2D eigenvalue weighted by Crippen LogP contribution is -2.45. The van der Waals surface area contributed by atoms with Crippen LogP contribution in [0.5, 0.6) is 0 Å². The number of piperazine rings is 1. The molecule has 0 radical (unpaired) electrons. The lowest BCUT2D eigenvalue weighted by Gasteiger charge is -2.35. The molecule has 9 heteroatoms. The number of amides is 1. The zero-order chi connectivity index (χ0) is 25.5. The molecule has 0 atom stereocenters. The highest BCUT2D eigenvalue weighted by Gasteiger charge is 2.19. The Balaban J connectivity index is 1.42. The van der Waals surface area contributed by atoms with Gasteiger partial charge >= 0.3 is 5.97 Å². The highest BCUT2D eigenvalue weighted by atomic mass is 32.1. The summed E-state index contributed by atoms with van der Waals surface area (Å²) in [6, 6.07) is 18.6. The maximum absolute atomic E-state index is 12.5. The molecule has 0 bridgehead atoms. The van der Waals surface area contributed by atoms with Gasteiger partial charge in [-0.1, -0.05) is 30.3 Å². The SMILES string of the molecule is COC(=O)c1ccc(N2CCN(C)CC2)c(NC(=S)NC(=O)/C=C/c2ccc(-c3ccccc3)o2)c1. The molecule has 2 N–H and O–H groups in total. The summed E-state index contributed by atoms with van der Waals surface area (Å²) in [6.45, 7) is 3.50. The van der Waals surface area contributed by atoms with Crippen LogP contribution in [0.25, 0.3) is 17.4 Å². The van der Waals surface area contributed by atoms with E-state index in [9.17, 15) is 9.59 Å². The summed E-state index contributed by atoms with van der Waals surface area (Å²) in [7, 11) is 3.42. The van der Waals surface area contributed by atoms with E-state index < -0.39 is 11.9 Å². The third-order valence-corrected chi connectivity index (χ3v) is 6.03. The number of thiocarbonyl (C=S) groups is 1. The van der Waals surface area contributed by atoms with E-state index in [0.717, 1.165) is 43.2 Å². The summed E-state index contributed by atoms with van der Waals surface area (Å²) >= 11 is 5.38. The quantitative estimate of drug-likeness (QED) is 0.296. The number of anilines is 2. The second kappa shape index (κ2) is 11.7. The number of furan rings is 1. The number of hydrogen-bond acceptors (Lipinski definition) is 7. The number of ether oxygens (including phenoxy) is 1. The average Bonchev–Trinajstić information content (AvgIpc) is 3.37. The molecule has 1 aliphatic heterocycles. The van der Waals surface area contributed by atoms with Crippen molar-refractivity contribution < 1.29 is 18.7 Å². The predicted molar refractivity (Wildman–Crippen MR) is 145 cm³/mol. The Morgan fingerprint density at radius 3 is 2.50 bits per heavy atom. The number of esters is 1. The van der Waals surface area contributed by atoms with Crippen molar-refractivity contribution in [2.75, 3.05) is 50.6 Å². The Morgan fingerprint density at radius 1 is 1.03 bits per heavy atom. The van der Waals surface area contributed by atoms with E-state index in [1.54, 1.807) is 24.3 Å². The van der Waals surface area contributed by atoms with Crippen molar-refractivity contribution in [1.29, 1.82) is 0 Å². The van der Waals surface area contributed by atoms with Crippen LogP contribution in [0, 0.1) is 0 Å². The Kier molecular flexibility index (Phi) is 8.14. The van der Waals surface area contributed by atoms with E-state index in [-0.39, 0.29) is 5.11 Å². The summed E-state index contributed by atoms with van der Waals surface area (Å²) in [4.78, 5) is 29.0. The molecule has 2 aromatic carbocycles. The third-order valence-electron chi connectivity index (χ3n) is 5.83. The molecule has 1 saturated heterocycles. The molecule has 2 heterocycles. The molecule has 1 fully saturated rings. The number of hydrogen-bond donors (Lipinski definition) is 2. The molecule has 0 spiro atoms. The number of methoxy groups -OCH3 is 1. The predicted octanol–water partition coefficient (Wildman–Crippen LogP) is 4.01. The van der Waals surface area contributed by atoms with Gasteiger partial charge in [-0.3, -0.25) is 10.1 Å². The van der Waals surface area contributed by atoms with E-state index in [0.29, 0.717) is 17.0 Å². The molecular formula is C27H28N4O4S. The number of carbonyl (C=O) groups is 2. The first-order valence-electron chi connectivity index (χ1n) is 11.5. The van der Waals surface area contributed by atoms with Crippen LogP contribution < -0.4 is 15.5 Å². The first kappa shape index (κ1) is 25.2. The van der Waals surface area contributed by atoms with Crippen LogP contribution in [0.3, 0.4) is 0 Å². The van der Waals surface area contributed by atoms with Gasteiger partial charge in [-0.15, -0.1) is 0 Å². The molecule has 1 aliphatic rings. The van der Waals surface area contributed by atoms with Gasteiger partial charge in [0.1, 0.15) is 11.5 Å². The summed E-state index contributed by atoms with van der Waals surface area (Å²) in [5.74, 6) is 0.408. The largest absolute Gasteiger partial charge is 0.465 e. The summed E-state index contributed by atoms with van der Waals surface area (Å²) in [5, 5.41) is 5.84. The van der Waals surface area contributed by atoms with Crippen LogP contribution in [0.2, 0.25) is 0 Å². The maximum Gasteiger partial charge on any atom is 0.337 e. The molecular weight excluding hydrogens is 476 g/mol. The monoisotopic (exact) mass is 504 g/mol. The van der Waals surface area contributed by atoms with Gasteiger partial charge in [-0.2, -0.15) is 0 Å². The second-order valence-corrected chi connectivity index (χ2v) is 8.77. The van der Waals surface area contributed by atoms with Crippen molar-refractivity contribution >= 4 is 46.7 Å². The van der Waals surface area contributed by atoms with Crippen molar-refractivity contribution in [3.05, 3.63) is 78.1 Å². The van der Waals surface area contributed by atoms with E-state index >= 15 is 0 Å². The normalized spacial score (nSPS) is 14.0. The fraction of sp³-hybridized carbons (Fsp3) is 0.222. The first-order chi connectivity index (χ1) is 17.4. The van der Waals surface area contributed by atoms with Crippen LogP contribution in [-0.2, 0) is 9.53 Å². The minimum Gasteiger partial charge on any atom is -0.465 e. The van der Waals surface area contributed by atoms with Gasteiger partial charge < -0.3 is 24.3 Å². The lowest BCUT2D eigenvalue weighted by molar-refractivity contribution is -0.115. The maximum atomic E-state index is 12.5. The highest BCUT2D eigenvalue weighted by molar-refractivity contribution is 7.80. The highest BCUT2D eigenvalue weighted by Crippen LogP contribution is 2.29. The Hall–Kier alpha value is -3.95. The molecule has 3 aromatic rings.